The van der Waals surface area contributed by atoms with Gasteiger partial charge in [-0.1, -0.05) is 38.1 Å². The van der Waals surface area contributed by atoms with E-state index >= 15 is 0 Å². The zero-order valence-electron chi connectivity index (χ0n) is 13.2. The molecule has 1 aliphatic rings. The minimum Gasteiger partial charge on any atom is -0.348 e. The summed E-state index contributed by atoms with van der Waals surface area (Å²) in [5.41, 5.74) is 1.92. The molecule has 6 heteroatoms. The minimum absolute atomic E-state index is 0.0217. The minimum atomic E-state index is -3.06. The second-order valence-electron chi connectivity index (χ2n) is 6.06. The topological polar surface area (TPSA) is 87.0 Å². The number of nitrogens with one attached hydrogen (secondary N) is 1. The number of amides is 1. The van der Waals surface area contributed by atoms with Gasteiger partial charge in [-0.05, 0) is 29.5 Å². The van der Waals surface area contributed by atoms with Crippen LogP contribution in [0.25, 0.3) is 6.08 Å². The Morgan fingerprint density at radius 1 is 1.35 bits per heavy atom. The maximum Gasteiger partial charge on any atom is 0.262 e. The number of hydrogen-bond donors (Lipinski definition) is 1. The van der Waals surface area contributed by atoms with E-state index in [0.29, 0.717) is 12.3 Å². The Balaban J connectivity index is 2.09. The van der Waals surface area contributed by atoms with E-state index in [1.54, 1.807) is 0 Å². The van der Waals surface area contributed by atoms with Gasteiger partial charge in [0.2, 0.25) is 0 Å². The van der Waals surface area contributed by atoms with Crippen LogP contribution in [-0.2, 0) is 14.6 Å². The van der Waals surface area contributed by atoms with Crippen molar-refractivity contribution in [2.24, 2.45) is 0 Å². The van der Waals surface area contributed by atoms with Crippen molar-refractivity contribution in [2.75, 3.05) is 11.5 Å². The van der Waals surface area contributed by atoms with Gasteiger partial charge in [-0.15, -0.1) is 0 Å². The summed E-state index contributed by atoms with van der Waals surface area (Å²) in [6.45, 7) is 4.18. The molecule has 0 spiro atoms. The zero-order valence-corrected chi connectivity index (χ0v) is 14.1. The third-order valence-electron chi connectivity index (χ3n) is 3.85. The molecule has 1 atom stereocenters. The standard InChI is InChI=1S/C17H20N2O3S/c1-12(2)14-5-3-13(4-6-14)9-15(10-18)17(20)19-16-7-8-23(21,22)11-16/h3-6,9,12,16H,7-8,11H2,1-2H3,(H,19,20). The van der Waals surface area contributed by atoms with Crippen LogP contribution in [0.4, 0.5) is 0 Å². The van der Waals surface area contributed by atoms with Gasteiger partial charge in [0.15, 0.2) is 9.84 Å². The number of nitrogens with zero attached hydrogens (tertiary/aromatic N) is 1. The van der Waals surface area contributed by atoms with Crippen LogP contribution < -0.4 is 5.32 Å². The molecule has 1 aliphatic heterocycles. The first-order chi connectivity index (χ1) is 10.8. The van der Waals surface area contributed by atoms with Gasteiger partial charge in [0, 0.05) is 6.04 Å². The summed E-state index contributed by atoms with van der Waals surface area (Å²) in [5, 5.41) is 11.8. The molecule has 0 aliphatic carbocycles. The van der Waals surface area contributed by atoms with Crippen LogP contribution in [0.5, 0.6) is 0 Å². The third-order valence-corrected chi connectivity index (χ3v) is 5.61. The van der Waals surface area contributed by atoms with E-state index in [4.69, 9.17) is 0 Å². The molecule has 0 bridgehead atoms. The van der Waals surface area contributed by atoms with E-state index in [-0.39, 0.29) is 17.1 Å². The lowest BCUT2D eigenvalue weighted by atomic mass is 10.0. The molecule has 1 heterocycles. The van der Waals surface area contributed by atoms with Gasteiger partial charge < -0.3 is 5.32 Å². The predicted molar refractivity (Wildman–Crippen MR) is 89.3 cm³/mol. The Kier molecular flexibility index (Phi) is 5.22. The molecule has 2 rings (SSSR count). The lowest BCUT2D eigenvalue weighted by Gasteiger charge is -2.10. The van der Waals surface area contributed by atoms with Gasteiger partial charge in [0.25, 0.3) is 5.91 Å². The molecule has 1 amide bonds. The number of nitriles is 1. The highest BCUT2D eigenvalue weighted by molar-refractivity contribution is 7.91. The van der Waals surface area contributed by atoms with Crippen LogP contribution in [-0.4, -0.2) is 31.9 Å². The van der Waals surface area contributed by atoms with E-state index in [2.05, 4.69) is 19.2 Å². The van der Waals surface area contributed by atoms with E-state index in [1.807, 2.05) is 30.3 Å². The fraction of sp³-hybridized carbons (Fsp3) is 0.412. The van der Waals surface area contributed by atoms with E-state index in [9.17, 15) is 18.5 Å². The second-order valence-corrected chi connectivity index (χ2v) is 8.29. The Morgan fingerprint density at radius 3 is 2.48 bits per heavy atom. The molecule has 23 heavy (non-hydrogen) atoms. The molecular formula is C17H20N2O3S. The Hall–Kier alpha value is -2.13. The number of sulfone groups is 1. The van der Waals surface area contributed by atoms with Crippen molar-refractivity contribution >= 4 is 21.8 Å². The van der Waals surface area contributed by atoms with Crippen molar-refractivity contribution in [3.05, 3.63) is 41.0 Å². The highest BCUT2D eigenvalue weighted by Gasteiger charge is 2.29. The Morgan fingerprint density at radius 2 is 2.00 bits per heavy atom. The fourth-order valence-electron chi connectivity index (χ4n) is 2.46. The number of rotatable bonds is 4. The first-order valence-electron chi connectivity index (χ1n) is 7.54. The van der Waals surface area contributed by atoms with Crippen molar-refractivity contribution in [3.63, 3.8) is 0 Å². The predicted octanol–water partition coefficient (Wildman–Crippen LogP) is 2.02. The summed E-state index contributed by atoms with van der Waals surface area (Å²) >= 11 is 0. The molecule has 1 saturated heterocycles. The number of carbonyl (C=O) groups excluding carboxylic acids is 1. The van der Waals surface area contributed by atoms with Gasteiger partial charge >= 0.3 is 0 Å². The molecule has 5 nitrogen and oxygen atoms in total. The smallest absolute Gasteiger partial charge is 0.262 e. The number of carbonyl (C=O) groups is 1. The highest BCUT2D eigenvalue weighted by Crippen LogP contribution is 2.17. The quantitative estimate of drug-likeness (QED) is 0.675. The lowest BCUT2D eigenvalue weighted by molar-refractivity contribution is -0.117. The molecule has 1 unspecified atom stereocenters. The third kappa shape index (κ3) is 4.67. The fourth-order valence-corrected chi connectivity index (χ4v) is 4.14. The molecule has 0 saturated carbocycles. The van der Waals surface area contributed by atoms with Crippen LogP contribution >= 0.6 is 0 Å². The lowest BCUT2D eigenvalue weighted by Crippen LogP contribution is -2.36. The summed E-state index contributed by atoms with van der Waals surface area (Å²) < 4.78 is 22.8. The first kappa shape index (κ1) is 17.2. The van der Waals surface area contributed by atoms with Crippen molar-refractivity contribution in [3.8, 4) is 6.07 Å². The maximum absolute atomic E-state index is 12.1. The van der Waals surface area contributed by atoms with Crippen LogP contribution in [0.2, 0.25) is 0 Å². The van der Waals surface area contributed by atoms with Gasteiger partial charge in [-0.2, -0.15) is 5.26 Å². The van der Waals surface area contributed by atoms with E-state index in [1.165, 1.54) is 11.6 Å². The molecule has 1 aromatic carbocycles. The summed E-state index contributed by atoms with van der Waals surface area (Å²) in [6.07, 6.45) is 1.92. The largest absolute Gasteiger partial charge is 0.348 e. The summed E-state index contributed by atoms with van der Waals surface area (Å²) in [4.78, 5) is 12.1. The molecular weight excluding hydrogens is 312 g/mol. The number of hydrogen-bond acceptors (Lipinski definition) is 4. The summed E-state index contributed by atoms with van der Waals surface area (Å²) in [7, 11) is -3.06. The maximum atomic E-state index is 12.1. The van der Waals surface area contributed by atoms with Crippen molar-refractivity contribution in [2.45, 2.75) is 32.2 Å². The average molecular weight is 332 g/mol. The molecule has 0 aromatic heterocycles. The van der Waals surface area contributed by atoms with Crippen molar-refractivity contribution in [1.82, 2.24) is 5.32 Å². The van der Waals surface area contributed by atoms with Gasteiger partial charge in [-0.3, -0.25) is 4.79 Å². The van der Waals surface area contributed by atoms with E-state index in [0.717, 1.165) is 5.56 Å². The average Bonchev–Trinajstić information content (AvgIpc) is 2.83. The highest BCUT2D eigenvalue weighted by atomic mass is 32.2. The summed E-state index contributed by atoms with van der Waals surface area (Å²) in [6, 6.07) is 9.12. The summed E-state index contributed by atoms with van der Waals surface area (Å²) in [5.74, 6) is -0.0839. The molecule has 1 fully saturated rings. The molecule has 0 radical (unpaired) electrons. The van der Waals surface area contributed by atoms with Crippen LogP contribution in [0.15, 0.2) is 29.8 Å². The Labute approximate surface area is 136 Å². The first-order valence-corrected chi connectivity index (χ1v) is 9.36. The number of benzene rings is 1. The van der Waals surface area contributed by atoms with E-state index < -0.39 is 21.8 Å². The molecule has 1 N–H and O–H groups in total. The molecule has 122 valence electrons. The van der Waals surface area contributed by atoms with Gasteiger partial charge in [0.1, 0.15) is 11.6 Å². The van der Waals surface area contributed by atoms with Crippen molar-refractivity contribution in [1.29, 1.82) is 5.26 Å². The van der Waals surface area contributed by atoms with Crippen LogP contribution in [0, 0.1) is 11.3 Å². The zero-order chi connectivity index (χ0) is 17.0. The van der Waals surface area contributed by atoms with Gasteiger partial charge in [0.05, 0.1) is 11.5 Å². The second kappa shape index (κ2) is 6.97. The Bertz CT molecular complexity index is 756. The van der Waals surface area contributed by atoms with Crippen LogP contribution in [0.3, 0.4) is 0 Å². The normalized spacial score (nSPS) is 20.3. The monoisotopic (exact) mass is 332 g/mol. The van der Waals surface area contributed by atoms with Gasteiger partial charge in [-0.25, -0.2) is 8.42 Å². The van der Waals surface area contributed by atoms with Crippen LogP contribution in [0.1, 0.15) is 37.3 Å². The van der Waals surface area contributed by atoms with Crippen molar-refractivity contribution < 1.29 is 13.2 Å². The SMILES string of the molecule is CC(C)c1ccc(C=C(C#N)C(=O)NC2CCS(=O)(=O)C2)cc1. The molecule has 1 aromatic rings.